The summed E-state index contributed by atoms with van der Waals surface area (Å²) in [4.78, 5) is 12.6. The fourth-order valence-electron chi connectivity index (χ4n) is 3.78. The lowest BCUT2D eigenvalue weighted by atomic mass is 10.0. The summed E-state index contributed by atoms with van der Waals surface area (Å²) >= 11 is 0. The van der Waals surface area contributed by atoms with Gasteiger partial charge in [-0.1, -0.05) is 0 Å². The lowest BCUT2D eigenvalue weighted by molar-refractivity contribution is -0.124. The van der Waals surface area contributed by atoms with Crippen molar-refractivity contribution < 1.29 is 18.7 Å². The van der Waals surface area contributed by atoms with Gasteiger partial charge in [-0.15, -0.1) is 10.2 Å². The number of carbonyl (C=O) groups excluding carboxylic acids is 1. The van der Waals surface area contributed by atoms with Gasteiger partial charge in [-0.2, -0.15) is 5.10 Å². The summed E-state index contributed by atoms with van der Waals surface area (Å²) in [5.41, 5.74) is 3.53. The average Bonchev–Trinajstić information content (AvgIpc) is 3.32. The van der Waals surface area contributed by atoms with Crippen LogP contribution in [0.1, 0.15) is 29.9 Å². The number of aromatic nitrogens is 4. The number of rotatable bonds is 6. The number of ether oxygens (including phenoxy) is 2. The van der Waals surface area contributed by atoms with Gasteiger partial charge in [0, 0.05) is 29.3 Å². The van der Waals surface area contributed by atoms with Gasteiger partial charge in [-0.3, -0.25) is 9.48 Å². The van der Waals surface area contributed by atoms with E-state index < -0.39 is 6.04 Å². The lowest BCUT2D eigenvalue weighted by Crippen LogP contribution is -2.38. The van der Waals surface area contributed by atoms with Crippen LogP contribution in [-0.2, 0) is 11.2 Å². The Kier molecular flexibility index (Phi) is 5.58. The van der Waals surface area contributed by atoms with Gasteiger partial charge in [-0.25, -0.2) is 4.39 Å². The van der Waals surface area contributed by atoms with E-state index in [1.54, 1.807) is 23.7 Å². The van der Waals surface area contributed by atoms with E-state index in [0.717, 1.165) is 17.0 Å². The molecule has 8 nitrogen and oxygen atoms in total. The molecule has 0 bridgehead atoms. The molecule has 0 saturated heterocycles. The molecule has 0 radical (unpaired) electrons. The Balaban J connectivity index is 1.46. The number of fused-ring (bicyclic) bond motifs is 1. The van der Waals surface area contributed by atoms with E-state index in [-0.39, 0.29) is 17.8 Å². The first-order chi connectivity index (χ1) is 14.9. The zero-order chi connectivity index (χ0) is 22.1. The minimum absolute atomic E-state index is 0.154. The second kappa shape index (κ2) is 8.33. The van der Waals surface area contributed by atoms with E-state index in [1.165, 1.54) is 19.2 Å². The molecule has 1 N–H and O–H groups in total. The molecule has 3 heterocycles. The Morgan fingerprint density at radius 2 is 2.13 bits per heavy atom. The third-order valence-electron chi connectivity index (χ3n) is 5.28. The molecule has 0 fully saturated rings. The van der Waals surface area contributed by atoms with Crippen LogP contribution in [0.25, 0.3) is 11.3 Å². The highest BCUT2D eigenvalue weighted by molar-refractivity contribution is 5.80. The molecule has 2 aromatic heterocycles. The summed E-state index contributed by atoms with van der Waals surface area (Å²) in [6, 6.07) is 7.68. The van der Waals surface area contributed by atoms with Crippen molar-refractivity contribution in [2.75, 3.05) is 13.7 Å². The standard InChI is InChI=1S/C22H24FN5O3/c1-12-7-13(2)28(27-12)14(3)22(29)24-11-17-9-15-8-16(23)10-18(21(15)31-17)19-5-6-20(30-4)26-25-19/h5-8,10,14,17H,9,11H2,1-4H3,(H,24,29)/t14-,17-/m1/s1. The van der Waals surface area contributed by atoms with Gasteiger partial charge in [0.25, 0.3) is 0 Å². The van der Waals surface area contributed by atoms with Gasteiger partial charge in [0.2, 0.25) is 11.8 Å². The summed E-state index contributed by atoms with van der Waals surface area (Å²) in [5.74, 6) is 0.401. The van der Waals surface area contributed by atoms with Crippen LogP contribution in [-0.4, -0.2) is 45.6 Å². The first-order valence-electron chi connectivity index (χ1n) is 10.0. The number of aryl methyl sites for hydroxylation is 2. The van der Waals surface area contributed by atoms with Gasteiger partial charge < -0.3 is 14.8 Å². The number of hydrogen-bond donors (Lipinski definition) is 1. The van der Waals surface area contributed by atoms with Crippen molar-refractivity contribution in [1.82, 2.24) is 25.3 Å². The Morgan fingerprint density at radius 3 is 2.77 bits per heavy atom. The Hall–Kier alpha value is -3.49. The van der Waals surface area contributed by atoms with E-state index in [0.29, 0.717) is 35.9 Å². The molecule has 162 valence electrons. The van der Waals surface area contributed by atoms with Crippen molar-refractivity contribution in [2.45, 2.75) is 39.3 Å². The van der Waals surface area contributed by atoms with E-state index in [2.05, 4.69) is 20.6 Å². The SMILES string of the molecule is COc1ccc(-c2cc(F)cc3c2O[C@@H](CNC(=O)[C@@H](C)n2nc(C)cc2C)C3)nn1. The summed E-state index contributed by atoms with van der Waals surface area (Å²) in [7, 11) is 1.50. The van der Waals surface area contributed by atoms with Crippen LogP contribution in [0.5, 0.6) is 11.6 Å². The number of nitrogens with one attached hydrogen (secondary N) is 1. The number of benzene rings is 1. The Morgan fingerprint density at radius 1 is 1.32 bits per heavy atom. The van der Waals surface area contributed by atoms with Crippen molar-refractivity contribution in [3.8, 4) is 22.9 Å². The smallest absolute Gasteiger partial charge is 0.244 e. The maximum Gasteiger partial charge on any atom is 0.244 e. The molecule has 0 spiro atoms. The van der Waals surface area contributed by atoms with Crippen LogP contribution >= 0.6 is 0 Å². The predicted octanol–water partition coefficient (Wildman–Crippen LogP) is 2.79. The lowest BCUT2D eigenvalue weighted by Gasteiger charge is -2.17. The molecule has 0 saturated carbocycles. The van der Waals surface area contributed by atoms with Crippen LogP contribution in [0.3, 0.4) is 0 Å². The number of nitrogens with zero attached hydrogens (tertiary/aromatic N) is 4. The van der Waals surface area contributed by atoms with Crippen molar-refractivity contribution >= 4 is 5.91 Å². The highest BCUT2D eigenvalue weighted by atomic mass is 19.1. The number of amides is 1. The van der Waals surface area contributed by atoms with E-state index in [9.17, 15) is 9.18 Å². The number of halogens is 1. The molecule has 1 aromatic carbocycles. The van der Waals surface area contributed by atoms with Crippen molar-refractivity contribution in [3.63, 3.8) is 0 Å². The topological polar surface area (TPSA) is 91.2 Å². The molecule has 31 heavy (non-hydrogen) atoms. The van der Waals surface area contributed by atoms with E-state index >= 15 is 0 Å². The first kappa shape index (κ1) is 20.8. The summed E-state index contributed by atoms with van der Waals surface area (Å²) in [6.45, 7) is 5.90. The van der Waals surface area contributed by atoms with Crippen molar-refractivity contribution in [2.24, 2.45) is 0 Å². The summed E-state index contributed by atoms with van der Waals surface area (Å²) in [5, 5.41) is 15.3. The fourth-order valence-corrected chi connectivity index (χ4v) is 3.78. The molecule has 0 aliphatic carbocycles. The van der Waals surface area contributed by atoms with Crippen LogP contribution < -0.4 is 14.8 Å². The van der Waals surface area contributed by atoms with Crippen molar-refractivity contribution in [1.29, 1.82) is 0 Å². The molecule has 3 aromatic rings. The number of methoxy groups -OCH3 is 1. The van der Waals surface area contributed by atoms with Gasteiger partial charge in [0.1, 0.15) is 23.7 Å². The Labute approximate surface area is 179 Å². The molecule has 1 amide bonds. The molecule has 1 aliphatic rings. The average molecular weight is 425 g/mol. The third-order valence-corrected chi connectivity index (χ3v) is 5.28. The number of carbonyl (C=O) groups is 1. The van der Waals surface area contributed by atoms with Crippen LogP contribution in [0.2, 0.25) is 0 Å². The zero-order valence-electron chi connectivity index (χ0n) is 17.8. The fraction of sp³-hybridized carbons (Fsp3) is 0.364. The largest absolute Gasteiger partial charge is 0.487 e. The normalized spacial score (nSPS) is 15.8. The minimum atomic E-state index is -0.444. The third kappa shape index (κ3) is 4.21. The molecule has 4 rings (SSSR count). The van der Waals surface area contributed by atoms with Crippen LogP contribution in [0.4, 0.5) is 4.39 Å². The monoisotopic (exact) mass is 425 g/mol. The second-order valence-corrected chi connectivity index (χ2v) is 7.64. The second-order valence-electron chi connectivity index (χ2n) is 7.64. The molecule has 2 atom stereocenters. The highest BCUT2D eigenvalue weighted by Gasteiger charge is 2.29. The zero-order valence-corrected chi connectivity index (χ0v) is 17.8. The molecular formula is C22H24FN5O3. The quantitative estimate of drug-likeness (QED) is 0.653. The Bertz CT molecular complexity index is 1110. The molecular weight excluding hydrogens is 401 g/mol. The van der Waals surface area contributed by atoms with Gasteiger partial charge in [0.05, 0.1) is 25.0 Å². The molecule has 9 heteroatoms. The predicted molar refractivity (Wildman–Crippen MR) is 112 cm³/mol. The first-order valence-corrected chi connectivity index (χ1v) is 10.0. The maximum atomic E-state index is 14.2. The van der Waals surface area contributed by atoms with Crippen LogP contribution in [0, 0.1) is 19.7 Å². The van der Waals surface area contributed by atoms with E-state index in [1.807, 2.05) is 19.9 Å². The summed E-state index contributed by atoms with van der Waals surface area (Å²) in [6.07, 6.45) is 0.177. The van der Waals surface area contributed by atoms with Crippen LogP contribution in [0.15, 0.2) is 30.3 Å². The van der Waals surface area contributed by atoms with Gasteiger partial charge >= 0.3 is 0 Å². The van der Waals surface area contributed by atoms with Gasteiger partial charge in [0.15, 0.2) is 0 Å². The highest BCUT2D eigenvalue weighted by Crippen LogP contribution is 2.39. The summed E-state index contributed by atoms with van der Waals surface area (Å²) < 4.78 is 27.0. The molecule has 1 aliphatic heterocycles. The van der Waals surface area contributed by atoms with E-state index in [4.69, 9.17) is 9.47 Å². The van der Waals surface area contributed by atoms with Crippen molar-refractivity contribution in [3.05, 3.63) is 53.1 Å². The number of hydrogen-bond acceptors (Lipinski definition) is 6. The maximum absolute atomic E-state index is 14.2. The van der Waals surface area contributed by atoms with Gasteiger partial charge in [-0.05, 0) is 45.0 Å². The molecule has 0 unspecified atom stereocenters. The minimum Gasteiger partial charge on any atom is -0.487 e.